The maximum absolute atomic E-state index is 12.6. The SMILES string of the molecule is COc1ccc2c(c1)CC(S(=O)(=O)c1ccccc1)=C2. The van der Waals surface area contributed by atoms with Crippen LogP contribution in [-0.4, -0.2) is 15.5 Å². The summed E-state index contributed by atoms with van der Waals surface area (Å²) in [6, 6.07) is 14.1. The highest BCUT2D eigenvalue weighted by Gasteiger charge is 2.25. The zero-order valence-corrected chi connectivity index (χ0v) is 11.9. The second kappa shape index (κ2) is 4.80. The van der Waals surface area contributed by atoms with Gasteiger partial charge in [0.2, 0.25) is 9.84 Å². The van der Waals surface area contributed by atoms with Crippen molar-refractivity contribution in [3.63, 3.8) is 0 Å². The van der Waals surface area contributed by atoms with Crippen molar-refractivity contribution in [3.8, 4) is 5.75 Å². The molecule has 2 aromatic carbocycles. The molecule has 0 saturated carbocycles. The Morgan fingerprint density at radius 1 is 1.05 bits per heavy atom. The van der Waals surface area contributed by atoms with Gasteiger partial charge in [0, 0.05) is 6.42 Å². The van der Waals surface area contributed by atoms with Crippen LogP contribution in [0.5, 0.6) is 5.75 Å². The van der Waals surface area contributed by atoms with Gasteiger partial charge in [0.25, 0.3) is 0 Å². The molecule has 2 aromatic rings. The van der Waals surface area contributed by atoms with Crippen LogP contribution in [0, 0.1) is 0 Å². The number of hydrogen-bond donors (Lipinski definition) is 0. The fourth-order valence-corrected chi connectivity index (χ4v) is 3.78. The quantitative estimate of drug-likeness (QED) is 0.871. The Morgan fingerprint density at radius 2 is 1.80 bits per heavy atom. The van der Waals surface area contributed by atoms with Gasteiger partial charge in [-0.15, -0.1) is 0 Å². The fourth-order valence-electron chi connectivity index (χ4n) is 2.34. The maximum Gasteiger partial charge on any atom is 0.203 e. The lowest BCUT2D eigenvalue weighted by Crippen LogP contribution is -2.04. The summed E-state index contributed by atoms with van der Waals surface area (Å²) in [7, 11) is -1.80. The lowest BCUT2D eigenvalue weighted by molar-refractivity contribution is 0.414. The van der Waals surface area contributed by atoms with E-state index in [1.54, 1.807) is 37.5 Å². The number of hydrogen-bond acceptors (Lipinski definition) is 3. The molecular weight excluding hydrogens is 272 g/mol. The van der Waals surface area contributed by atoms with Crippen LogP contribution < -0.4 is 4.74 Å². The Bertz CT molecular complexity index is 775. The van der Waals surface area contributed by atoms with Crippen LogP contribution in [0.15, 0.2) is 58.3 Å². The molecule has 0 unspecified atom stereocenters. The molecule has 0 fully saturated rings. The first kappa shape index (κ1) is 12.9. The fraction of sp³-hybridized carbons (Fsp3) is 0.125. The molecule has 0 N–H and O–H groups in total. The smallest absolute Gasteiger partial charge is 0.203 e. The highest BCUT2D eigenvalue weighted by molar-refractivity contribution is 7.95. The molecule has 0 bridgehead atoms. The van der Waals surface area contributed by atoms with Crippen LogP contribution in [0.25, 0.3) is 6.08 Å². The third-order valence-corrected chi connectivity index (χ3v) is 5.28. The van der Waals surface area contributed by atoms with Crippen molar-refractivity contribution in [2.75, 3.05) is 7.11 Å². The average molecular weight is 286 g/mol. The van der Waals surface area contributed by atoms with E-state index in [0.717, 1.165) is 16.9 Å². The van der Waals surface area contributed by atoms with Gasteiger partial charge in [-0.05, 0) is 41.5 Å². The van der Waals surface area contributed by atoms with Gasteiger partial charge in [-0.3, -0.25) is 0 Å². The van der Waals surface area contributed by atoms with Crippen molar-refractivity contribution < 1.29 is 13.2 Å². The molecule has 0 heterocycles. The Morgan fingerprint density at radius 3 is 2.50 bits per heavy atom. The van der Waals surface area contributed by atoms with Gasteiger partial charge < -0.3 is 4.74 Å². The molecular formula is C16H14O3S. The third kappa shape index (κ3) is 2.12. The number of benzene rings is 2. The first-order valence-electron chi connectivity index (χ1n) is 6.29. The van der Waals surface area contributed by atoms with Crippen molar-refractivity contribution >= 4 is 15.9 Å². The largest absolute Gasteiger partial charge is 0.497 e. The minimum Gasteiger partial charge on any atom is -0.497 e. The average Bonchev–Trinajstić information content (AvgIpc) is 2.91. The van der Waals surface area contributed by atoms with E-state index in [1.165, 1.54) is 0 Å². The molecule has 0 atom stereocenters. The molecule has 102 valence electrons. The molecule has 3 nitrogen and oxygen atoms in total. The maximum atomic E-state index is 12.6. The van der Waals surface area contributed by atoms with Gasteiger partial charge in [-0.25, -0.2) is 8.42 Å². The number of allylic oxidation sites excluding steroid dienone is 1. The van der Waals surface area contributed by atoms with Crippen molar-refractivity contribution in [2.24, 2.45) is 0 Å². The molecule has 0 amide bonds. The predicted octanol–water partition coefficient (Wildman–Crippen LogP) is 3.07. The summed E-state index contributed by atoms with van der Waals surface area (Å²) in [6.45, 7) is 0. The van der Waals surface area contributed by atoms with E-state index in [1.807, 2.05) is 24.3 Å². The summed E-state index contributed by atoms with van der Waals surface area (Å²) < 4.78 is 30.3. The van der Waals surface area contributed by atoms with Gasteiger partial charge in [0.15, 0.2) is 0 Å². The summed E-state index contributed by atoms with van der Waals surface area (Å²) >= 11 is 0. The second-order valence-corrected chi connectivity index (χ2v) is 6.67. The van der Waals surface area contributed by atoms with E-state index < -0.39 is 9.84 Å². The van der Waals surface area contributed by atoms with Gasteiger partial charge in [-0.1, -0.05) is 24.3 Å². The minimum absolute atomic E-state index is 0.339. The van der Waals surface area contributed by atoms with Crippen molar-refractivity contribution in [1.82, 2.24) is 0 Å². The van der Waals surface area contributed by atoms with E-state index in [4.69, 9.17) is 4.74 Å². The lowest BCUT2D eigenvalue weighted by Gasteiger charge is -2.05. The standard InChI is InChI=1S/C16H14O3S/c1-19-14-8-7-12-10-16(11-13(12)9-14)20(17,18)15-5-3-2-4-6-15/h2-10H,11H2,1H3. The molecule has 0 radical (unpaired) electrons. The number of rotatable bonds is 3. The topological polar surface area (TPSA) is 43.4 Å². The Kier molecular flexibility index (Phi) is 3.10. The van der Waals surface area contributed by atoms with Crippen LogP contribution in [0.4, 0.5) is 0 Å². The molecule has 0 aliphatic heterocycles. The molecule has 1 aliphatic carbocycles. The van der Waals surface area contributed by atoms with Gasteiger partial charge in [0.05, 0.1) is 16.9 Å². The molecule has 1 aliphatic rings. The summed E-state index contributed by atoms with van der Waals surface area (Å²) in [5.74, 6) is 0.746. The second-order valence-electron chi connectivity index (χ2n) is 4.67. The summed E-state index contributed by atoms with van der Waals surface area (Å²) in [5, 5.41) is 0. The summed E-state index contributed by atoms with van der Waals surface area (Å²) in [5.41, 5.74) is 1.93. The van der Waals surface area contributed by atoms with E-state index in [-0.39, 0.29) is 0 Å². The Hall–Kier alpha value is -2.07. The Balaban J connectivity index is 1.99. The molecule has 0 aromatic heterocycles. The highest BCUT2D eigenvalue weighted by Crippen LogP contribution is 2.33. The number of fused-ring (bicyclic) bond motifs is 1. The van der Waals surface area contributed by atoms with Crippen molar-refractivity contribution in [1.29, 1.82) is 0 Å². The van der Waals surface area contributed by atoms with Gasteiger partial charge in [-0.2, -0.15) is 0 Å². The van der Waals surface area contributed by atoms with E-state index in [0.29, 0.717) is 16.2 Å². The zero-order valence-electron chi connectivity index (χ0n) is 11.0. The summed E-state index contributed by atoms with van der Waals surface area (Å²) in [6.07, 6.45) is 2.17. The lowest BCUT2D eigenvalue weighted by atomic mass is 10.1. The van der Waals surface area contributed by atoms with Crippen molar-refractivity contribution in [2.45, 2.75) is 11.3 Å². The minimum atomic E-state index is -3.41. The molecule has 0 saturated heterocycles. The molecule has 20 heavy (non-hydrogen) atoms. The summed E-state index contributed by atoms with van der Waals surface area (Å²) in [4.78, 5) is 0.776. The molecule has 3 rings (SSSR count). The number of methoxy groups -OCH3 is 1. The molecule has 4 heteroatoms. The zero-order chi connectivity index (χ0) is 14.2. The van der Waals surface area contributed by atoms with E-state index in [9.17, 15) is 8.42 Å². The van der Waals surface area contributed by atoms with Crippen LogP contribution in [0.2, 0.25) is 0 Å². The number of sulfone groups is 1. The van der Waals surface area contributed by atoms with Gasteiger partial charge >= 0.3 is 0 Å². The normalized spacial score (nSPS) is 13.8. The van der Waals surface area contributed by atoms with Gasteiger partial charge in [0.1, 0.15) is 5.75 Å². The highest BCUT2D eigenvalue weighted by atomic mass is 32.2. The monoisotopic (exact) mass is 286 g/mol. The van der Waals surface area contributed by atoms with E-state index >= 15 is 0 Å². The van der Waals surface area contributed by atoms with Crippen LogP contribution in [0.1, 0.15) is 11.1 Å². The first-order chi connectivity index (χ1) is 9.61. The third-order valence-electron chi connectivity index (χ3n) is 3.43. The van der Waals surface area contributed by atoms with Crippen molar-refractivity contribution in [3.05, 3.63) is 64.6 Å². The predicted molar refractivity (Wildman–Crippen MR) is 78.3 cm³/mol. The van der Waals surface area contributed by atoms with Crippen LogP contribution in [-0.2, 0) is 16.3 Å². The van der Waals surface area contributed by atoms with Crippen LogP contribution in [0.3, 0.4) is 0 Å². The molecule has 0 spiro atoms. The Labute approximate surface area is 118 Å². The van der Waals surface area contributed by atoms with E-state index in [2.05, 4.69) is 0 Å². The number of ether oxygens (including phenoxy) is 1. The van der Waals surface area contributed by atoms with Crippen LogP contribution >= 0.6 is 0 Å². The first-order valence-corrected chi connectivity index (χ1v) is 7.77.